The molecule has 0 saturated heterocycles. The molecular weight excluding hydrogens is 569 g/mol. The Morgan fingerprint density at radius 3 is 0.917 bits per heavy atom. The predicted molar refractivity (Wildman–Crippen MR) is 124 cm³/mol. The molecule has 0 aliphatic heterocycles. The maximum Gasteiger partial charge on any atom is 0 e. The molecule has 186 valence electrons. The van der Waals surface area contributed by atoms with Gasteiger partial charge in [-0.05, 0) is 36.7 Å². The molecular formula is C27H19Co2O6P. The summed E-state index contributed by atoms with van der Waals surface area (Å²) in [6.45, 7) is 24.1. The van der Waals surface area contributed by atoms with E-state index in [0.717, 1.165) is 0 Å². The van der Waals surface area contributed by atoms with Gasteiger partial charge in [-0.3, -0.25) is 4.79 Å². The first-order valence-electron chi connectivity index (χ1n) is 8.70. The molecule has 3 aromatic carbocycles. The van der Waals surface area contributed by atoms with Crippen molar-refractivity contribution in [2.45, 2.75) is 6.92 Å². The average Bonchev–Trinajstić information content (AvgIpc) is 2.97. The van der Waals surface area contributed by atoms with Crippen LogP contribution in [0.3, 0.4) is 0 Å². The van der Waals surface area contributed by atoms with Gasteiger partial charge >= 0.3 is 56.5 Å². The molecule has 36 heavy (non-hydrogen) atoms. The van der Waals surface area contributed by atoms with E-state index in [-0.39, 0.29) is 33.6 Å². The molecule has 0 amide bonds. The molecule has 2 radical (unpaired) electrons. The molecule has 0 heterocycles. The Bertz CT molecular complexity index is 895. The Morgan fingerprint density at radius 2 is 0.778 bits per heavy atom. The van der Waals surface area contributed by atoms with E-state index >= 15 is 0 Å². The fraction of sp³-hybridized carbons (Fsp3) is 0.0370. The fourth-order valence-corrected chi connectivity index (χ4v) is 4.54. The molecule has 6 nitrogen and oxygen atoms in total. The maximum atomic E-state index is 9.23. The Balaban J connectivity index is -0.000000113. The molecule has 9 heteroatoms. The van der Waals surface area contributed by atoms with E-state index in [4.69, 9.17) is 23.3 Å². The summed E-state index contributed by atoms with van der Waals surface area (Å²) in [5.41, 5.74) is 0. The molecule has 0 bridgehead atoms. The normalized spacial score (nSPS) is 6.44. The Labute approximate surface area is 234 Å². The summed E-state index contributed by atoms with van der Waals surface area (Å²) in [5, 5.41) is 4.19. The van der Waals surface area contributed by atoms with Crippen LogP contribution in [-0.2, 0) is 61.6 Å². The number of aldehydes is 1. The van der Waals surface area contributed by atoms with Gasteiger partial charge < -0.3 is 0 Å². The summed E-state index contributed by atoms with van der Waals surface area (Å²) < 4.78 is 37.5. The summed E-state index contributed by atoms with van der Waals surface area (Å²) in [7, 11) is -0.446. The SMILES string of the molecule is CC#CC=O.[C-]#[O+].[C-]#[O+].[C-]#[O+].[C-]#[O+].[C-]#[O+].[Co].[Co].c1ccc(P(c2ccccc2)c2ccccc2)cc1. The molecule has 3 aromatic rings. The van der Waals surface area contributed by atoms with Crippen molar-refractivity contribution in [2.75, 3.05) is 0 Å². The molecule has 0 saturated carbocycles. The predicted octanol–water partition coefficient (Wildman–Crippen LogP) is 3.46. The molecule has 0 aliphatic rings. The van der Waals surface area contributed by atoms with E-state index in [0.29, 0.717) is 6.29 Å². The Kier molecular flexibility index (Phi) is 54.4. The van der Waals surface area contributed by atoms with Gasteiger partial charge in [-0.15, -0.1) is 0 Å². The van der Waals surface area contributed by atoms with Gasteiger partial charge in [0.1, 0.15) is 0 Å². The zero-order valence-corrected chi connectivity index (χ0v) is 21.8. The summed E-state index contributed by atoms with van der Waals surface area (Å²) >= 11 is 0. The van der Waals surface area contributed by atoms with E-state index < -0.39 is 7.92 Å². The minimum Gasteiger partial charge on any atom is -0.0622 e. The van der Waals surface area contributed by atoms with Crippen LogP contribution in [0, 0.1) is 45.1 Å². The average molecular weight is 588 g/mol. The van der Waals surface area contributed by atoms with Gasteiger partial charge in [0.05, 0.1) is 0 Å². The van der Waals surface area contributed by atoms with Gasteiger partial charge in [0.25, 0.3) is 0 Å². The zero-order valence-electron chi connectivity index (χ0n) is 18.8. The topological polar surface area (TPSA) is 117 Å². The number of hydrogen-bond donors (Lipinski definition) is 0. The third kappa shape index (κ3) is 22.8. The van der Waals surface area contributed by atoms with Crippen LogP contribution in [0.15, 0.2) is 91.0 Å². The number of hydrogen-bond acceptors (Lipinski definition) is 1. The van der Waals surface area contributed by atoms with Crippen LogP contribution in [0.1, 0.15) is 6.92 Å². The standard InChI is InChI=1S/C18H15P.C4H4O.5CO.2Co/c1-4-10-16(11-5-1)19(17-12-6-2-7-13-17)18-14-8-3-9-15-18;1-2-3-4-5;5*1-2;;/h1-15H;4H,1H3;;;;;;;. The largest absolute Gasteiger partial charge is 0.0622 e. The Hall–Kier alpha value is -2.97. The van der Waals surface area contributed by atoms with E-state index in [1.165, 1.54) is 15.9 Å². The molecule has 0 spiro atoms. The van der Waals surface area contributed by atoms with E-state index in [1.807, 2.05) is 0 Å². The number of carbonyl (C=O) groups excluding carboxylic acids is 1. The zero-order chi connectivity index (χ0) is 27.0. The van der Waals surface area contributed by atoms with Gasteiger partial charge in [0.2, 0.25) is 0 Å². The summed E-state index contributed by atoms with van der Waals surface area (Å²) in [6, 6.07) is 32.3. The second-order valence-corrected chi connectivity index (χ2v) is 7.07. The maximum absolute atomic E-state index is 9.23. The van der Waals surface area contributed by atoms with Crippen LogP contribution in [0.4, 0.5) is 0 Å². The first-order chi connectivity index (χ1) is 16.9. The van der Waals surface area contributed by atoms with Gasteiger partial charge in [0, 0.05) is 33.6 Å². The van der Waals surface area contributed by atoms with Crippen molar-refractivity contribution in [3.63, 3.8) is 0 Å². The van der Waals surface area contributed by atoms with Crippen molar-refractivity contribution in [3.8, 4) is 11.8 Å². The second-order valence-electron chi connectivity index (χ2n) is 4.85. The number of benzene rings is 3. The fourth-order valence-electron chi connectivity index (χ4n) is 2.24. The molecule has 3 rings (SSSR count). The van der Waals surface area contributed by atoms with E-state index in [1.54, 1.807) is 6.92 Å². The van der Waals surface area contributed by atoms with E-state index in [9.17, 15) is 4.79 Å². The van der Waals surface area contributed by atoms with Crippen molar-refractivity contribution in [1.82, 2.24) is 0 Å². The summed E-state index contributed by atoms with van der Waals surface area (Å²) in [4.78, 5) is 9.23. The molecule has 0 aliphatic carbocycles. The third-order valence-electron chi connectivity index (χ3n) is 3.25. The minimum absolute atomic E-state index is 0. The first kappa shape index (κ1) is 46.4. The van der Waals surface area contributed by atoms with Gasteiger partial charge in [-0.25, -0.2) is 0 Å². The van der Waals surface area contributed by atoms with E-state index in [2.05, 4.69) is 136 Å². The van der Waals surface area contributed by atoms with Crippen LogP contribution in [0.25, 0.3) is 0 Å². The Morgan fingerprint density at radius 1 is 0.556 bits per heavy atom. The number of rotatable bonds is 3. The van der Waals surface area contributed by atoms with Crippen LogP contribution >= 0.6 is 7.92 Å². The summed E-state index contributed by atoms with van der Waals surface area (Å²) in [5.74, 6) is 4.58. The van der Waals surface area contributed by atoms with Crippen molar-refractivity contribution in [1.29, 1.82) is 0 Å². The second kappa shape index (κ2) is 42.2. The molecule has 0 N–H and O–H groups in total. The quantitative estimate of drug-likeness (QED) is 0.151. The molecule has 0 atom stereocenters. The molecule has 0 unspecified atom stereocenters. The van der Waals surface area contributed by atoms with Gasteiger partial charge in [-0.2, -0.15) is 0 Å². The first-order valence-corrected chi connectivity index (χ1v) is 10.0. The van der Waals surface area contributed by atoms with Crippen LogP contribution in [0.2, 0.25) is 0 Å². The van der Waals surface area contributed by atoms with Crippen molar-refractivity contribution in [3.05, 3.63) is 124 Å². The monoisotopic (exact) mass is 588 g/mol. The third-order valence-corrected chi connectivity index (χ3v) is 5.69. The summed E-state index contributed by atoms with van der Waals surface area (Å²) in [6.07, 6.45) is 0.569. The van der Waals surface area contributed by atoms with Gasteiger partial charge in [0.15, 0.2) is 6.29 Å². The van der Waals surface area contributed by atoms with Gasteiger partial charge in [-0.1, -0.05) is 96.9 Å². The molecule has 0 fully saturated rings. The smallest absolute Gasteiger partial charge is 0 e. The minimum atomic E-state index is -0.446. The van der Waals surface area contributed by atoms with Crippen LogP contribution < -0.4 is 15.9 Å². The van der Waals surface area contributed by atoms with Crippen molar-refractivity contribution in [2.24, 2.45) is 0 Å². The van der Waals surface area contributed by atoms with Crippen molar-refractivity contribution >= 4 is 30.1 Å². The molecule has 0 aromatic heterocycles. The number of carbonyl (C=O) groups is 1. The van der Waals surface area contributed by atoms with Crippen LogP contribution in [-0.4, -0.2) is 6.29 Å². The van der Waals surface area contributed by atoms with Crippen LogP contribution in [0.5, 0.6) is 0 Å². The van der Waals surface area contributed by atoms with Crippen molar-refractivity contribution < 1.29 is 61.6 Å².